The van der Waals surface area contributed by atoms with Crippen LogP contribution in [-0.4, -0.2) is 30.8 Å². The zero-order chi connectivity index (χ0) is 21.3. The van der Waals surface area contributed by atoms with E-state index in [4.69, 9.17) is 54.9 Å². The summed E-state index contributed by atoms with van der Waals surface area (Å²) >= 11 is 20.6. The number of nitrogens with zero attached hydrogens (tertiary/aromatic N) is 3. The minimum absolute atomic E-state index is 0.135. The van der Waals surface area contributed by atoms with Gasteiger partial charge in [-0.15, -0.1) is 10.1 Å². The first-order chi connectivity index (χ1) is 13.8. The van der Waals surface area contributed by atoms with Crippen LogP contribution in [0.3, 0.4) is 0 Å². The van der Waals surface area contributed by atoms with Gasteiger partial charge in [0.05, 0.1) is 17.3 Å². The number of thioether (sulfide) groups is 1. The SMILES string of the molecule is ClC1=CC(Cl)(OCSc2ccccc2Cl)C=CC1CCn1ccnc1.O=[N+]([O-])O. The van der Waals surface area contributed by atoms with Crippen LogP contribution < -0.4 is 0 Å². The zero-order valence-electron chi connectivity index (χ0n) is 15.0. The summed E-state index contributed by atoms with van der Waals surface area (Å²) in [6, 6.07) is 7.63. The summed E-state index contributed by atoms with van der Waals surface area (Å²) in [6.07, 6.45) is 12.0. The minimum atomic E-state index is -1.50. The molecule has 2 unspecified atom stereocenters. The van der Waals surface area contributed by atoms with Crippen molar-refractivity contribution in [2.24, 2.45) is 5.92 Å². The Balaban J connectivity index is 0.000000687. The first kappa shape index (κ1) is 23.6. The Morgan fingerprint density at radius 1 is 1.38 bits per heavy atom. The van der Waals surface area contributed by atoms with Crippen molar-refractivity contribution in [3.05, 3.63) is 81.4 Å². The molecule has 156 valence electrons. The van der Waals surface area contributed by atoms with E-state index in [-0.39, 0.29) is 5.92 Å². The Morgan fingerprint density at radius 2 is 2.10 bits per heavy atom. The highest BCUT2D eigenvalue weighted by Crippen LogP contribution is 2.36. The van der Waals surface area contributed by atoms with Crippen molar-refractivity contribution in [3.63, 3.8) is 0 Å². The van der Waals surface area contributed by atoms with Crippen LogP contribution in [0.1, 0.15) is 6.42 Å². The van der Waals surface area contributed by atoms with Gasteiger partial charge in [-0.25, -0.2) is 4.98 Å². The topological polar surface area (TPSA) is 90.4 Å². The first-order valence-corrected chi connectivity index (χ1v) is 10.5. The van der Waals surface area contributed by atoms with Crippen LogP contribution in [0.4, 0.5) is 0 Å². The fourth-order valence-corrected chi connectivity index (χ4v) is 4.23. The molecule has 0 spiro atoms. The predicted octanol–water partition coefficient (Wildman–Crippen LogP) is 5.59. The van der Waals surface area contributed by atoms with Crippen LogP contribution in [0.5, 0.6) is 0 Å². The second kappa shape index (κ2) is 11.5. The Bertz CT molecular complexity index is 860. The van der Waals surface area contributed by atoms with Gasteiger partial charge in [-0.05, 0) is 30.7 Å². The lowest BCUT2D eigenvalue weighted by Crippen LogP contribution is -2.24. The zero-order valence-corrected chi connectivity index (χ0v) is 18.1. The van der Waals surface area contributed by atoms with Gasteiger partial charge in [0.15, 0.2) is 5.06 Å². The van der Waals surface area contributed by atoms with Gasteiger partial charge in [-0.1, -0.05) is 64.8 Å². The van der Waals surface area contributed by atoms with E-state index < -0.39 is 10.1 Å². The molecule has 1 aliphatic rings. The van der Waals surface area contributed by atoms with Crippen molar-refractivity contribution in [2.75, 3.05) is 5.94 Å². The number of benzene rings is 1. The van der Waals surface area contributed by atoms with E-state index in [1.165, 1.54) is 11.8 Å². The molecule has 11 heteroatoms. The van der Waals surface area contributed by atoms with Crippen molar-refractivity contribution in [3.8, 4) is 0 Å². The highest BCUT2D eigenvalue weighted by atomic mass is 35.5. The van der Waals surface area contributed by atoms with E-state index in [9.17, 15) is 0 Å². The lowest BCUT2D eigenvalue weighted by molar-refractivity contribution is -0.742. The summed E-state index contributed by atoms with van der Waals surface area (Å²) in [6.45, 7) is 0.845. The molecule has 29 heavy (non-hydrogen) atoms. The summed E-state index contributed by atoms with van der Waals surface area (Å²) in [4.78, 5) is 13.4. The Kier molecular flexibility index (Phi) is 9.32. The van der Waals surface area contributed by atoms with Crippen molar-refractivity contribution in [1.82, 2.24) is 9.55 Å². The molecule has 2 aromatic rings. The van der Waals surface area contributed by atoms with Crippen molar-refractivity contribution in [1.29, 1.82) is 0 Å². The molecule has 2 atom stereocenters. The predicted molar refractivity (Wildman–Crippen MR) is 114 cm³/mol. The highest BCUT2D eigenvalue weighted by Gasteiger charge is 2.28. The van der Waals surface area contributed by atoms with E-state index in [1.54, 1.807) is 18.6 Å². The van der Waals surface area contributed by atoms with Crippen LogP contribution in [0.15, 0.2) is 71.1 Å². The molecule has 1 N–H and O–H groups in total. The molecular formula is C18H18Cl3N3O4S. The lowest BCUT2D eigenvalue weighted by Gasteiger charge is -2.27. The lowest BCUT2D eigenvalue weighted by atomic mass is 9.98. The third-order valence-electron chi connectivity index (χ3n) is 3.83. The molecule has 1 aliphatic carbocycles. The number of halogens is 3. The average molecular weight is 479 g/mol. The Morgan fingerprint density at radius 3 is 2.72 bits per heavy atom. The van der Waals surface area contributed by atoms with Gasteiger partial charge >= 0.3 is 0 Å². The molecule has 0 amide bonds. The number of ether oxygens (including phenoxy) is 1. The average Bonchev–Trinajstić information content (AvgIpc) is 3.16. The number of rotatable bonds is 7. The number of aromatic nitrogens is 2. The van der Waals surface area contributed by atoms with Crippen LogP contribution in [0.25, 0.3) is 0 Å². The number of imidazole rings is 1. The Labute approximate surface area is 187 Å². The van der Waals surface area contributed by atoms with Gasteiger partial charge in [-0.2, -0.15) is 0 Å². The monoisotopic (exact) mass is 477 g/mol. The maximum atomic E-state index is 8.36. The number of hydrogen-bond acceptors (Lipinski definition) is 5. The van der Waals surface area contributed by atoms with Crippen molar-refractivity contribution in [2.45, 2.75) is 22.9 Å². The van der Waals surface area contributed by atoms with Crippen LogP contribution in [0, 0.1) is 16.0 Å². The summed E-state index contributed by atoms with van der Waals surface area (Å²) in [5.41, 5.74) is 0. The molecule has 0 aliphatic heterocycles. The molecule has 1 heterocycles. The van der Waals surface area contributed by atoms with E-state index >= 15 is 0 Å². The second-order valence-electron chi connectivity index (χ2n) is 5.86. The van der Waals surface area contributed by atoms with Gasteiger partial charge in [-0.3, -0.25) is 0 Å². The standard InChI is InChI=1S/C18H17Cl3N2OS.HNO3/c19-15-3-1-2-4-17(15)25-13-24-18(21)7-5-14(16(20)11-18)6-9-23-10-8-22-12-23;2-1(3)4/h1-5,7-8,10-12,14H,6,9,13H2;(H,2,3,4). The van der Waals surface area contributed by atoms with Gasteiger partial charge < -0.3 is 14.5 Å². The fourth-order valence-electron chi connectivity index (χ4n) is 2.46. The molecule has 0 saturated heterocycles. The molecule has 0 radical (unpaired) electrons. The maximum Gasteiger partial charge on any atom is 0.291 e. The number of aryl methyl sites for hydroxylation is 1. The third kappa shape index (κ3) is 8.28. The van der Waals surface area contributed by atoms with Crippen LogP contribution in [-0.2, 0) is 11.3 Å². The van der Waals surface area contributed by atoms with Gasteiger partial charge in [0.25, 0.3) is 5.09 Å². The maximum absolute atomic E-state index is 8.36. The summed E-state index contributed by atoms with van der Waals surface area (Å²) in [5, 5.41) is 14.0. The molecular weight excluding hydrogens is 461 g/mol. The fraction of sp³-hybridized carbons (Fsp3) is 0.278. The highest BCUT2D eigenvalue weighted by molar-refractivity contribution is 7.99. The molecule has 1 aromatic carbocycles. The molecule has 0 saturated carbocycles. The van der Waals surface area contributed by atoms with E-state index in [2.05, 4.69) is 4.98 Å². The summed E-state index contributed by atoms with van der Waals surface area (Å²) in [7, 11) is 0. The molecule has 1 aromatic heterocycles. The van der Waals surface area contributed by atoms with Gasteiger partial charge in [0, 0.05) is 34.8 Å². The summed E-state index contributed by atoms with van der Waals surface area (Å²) < 4.78 is 7.83. The Hall–Kier alpha value is -1.71. The quantitative estimate of drug-likeness (QED) is 0.139. The van der Waals surface area contributed by atoms with E-state index in [1.807, 2.05) is 47.2 Å². The minimum Gasteiger partial charge on any atom is -0.341 e. The smallest absolute Gasteiger partial charge is 0.291 e. The van der Waals surface area contributed by atoms with E-state index in [0.717, 1.165) is 17.9 Å². The molecule has 0 bridgehead atoms. The first-order valence-electron chi connectivity index (χ1n) is 8.36. The summed E-state index contributed by atoms with van der Waals surface area (Å²) in [5.74, 6) is 0.508. The van der Waals surface area contributed by atoms with Crippen LogP contribution >= 0.6 is 46.6 Å². The number of alkyl halides is 1. The largest absolute Gasteiger partial charge is 0.341 e. The van der Waals surface area contributed by atoms with E-state index in [0.29, 0.717) is 16.0 Å². The van der Waals surface area contributed by atoms with Gasteiger partial charge in [0.1, 0.15) is 0 Å². The van der Waals surface area contributed by atoms with Crippen LogP contribution in [0.2, 0.25) is 5.02 Å². The molecule has 3 rings (SSSR count). The molecule has 7 nitrogen and oxygen atoms in total. The number of hydrogen-bond donors (Lipinski definition) is 1. The third-order valence-corrected chi connectivity index (χ3v) is 5.91. The normalized spacial score (nSPS) is 20.5. The second-order valence-corrected chi connectivity index (χ2v) is 8.26. The van der Waals surface area contributed by atoms with Crippen molar-refractivity contribution >= 4 is 46.6 Å². The number of allylic oxidation sites excluding steroid dienone is 2. The van der Waals surface area contributed by atoms with Crippen molar-refractivity contribution < 1.29 is 15.0 Å². The molecule has 0 fully saturated rings. The van der Waals surface area contributed by atoms with Gasteiger partial charge in [0.2, 0.25) is 0 Å².